The molecule has 14 heavy (non-hydrogen) atoms. The van der Waals surface area contributed by atoms with Gasteiger partial charge in [0.15, 0.2) is 5.82 Å². The summed E-state index contributed by atoms with van der Waals surface area (Å²) in [6.07, 6.45) is 4.97. The number of hydrogen-bond donors (Lipinski definition) is 0. The van der Waals surface area contributed by atoms with Crippen LogP contribution in [0.4, 0.5) is 0 Å². The van der Waals surface area contributed by atoms with Crippen molar-refractivity contribution in [2.24, 2.45) is 0 Å². The molecule has 0 radical (unpaired) electrons. The maximum Gasteiger partial charge on any atom is 0.158 e. The van der Waals surface area contributed by atoms with E-state index in [9.17, 15) is 0 Å². The molecule has 0 atom stereocenters. The van der Waals surface area contributed by atoms with E-state index in [-0.39, 0.29) is 0 Å². The summed E-state index contributed by atoms with van der Waals surface area (Å²) in [5.41, 5.74) is 2.25. The van der Waals surface area contributed by atoms with Crippen molar-refractivity contribution in [3.05, 3.63) is 36.0 Å². The normalized spacial score (nSPS) is 10.4. The summed E-state index contributed by atoms with van der Waals surface area (Å²) < 4.78 is 1.66. The highest BCUT2D eigenvalue weighted by Crippen LogP contribution is 2.12. The first kappa shape index (κ1) is 9.33. The summed E-state index contributed by atoms with van der Waals surface area (Å²) in [5, 5.41) is 4.85. The van der Waals surface area contributed by atoms with Crippen molar-refractivity contribution in [1.82, 2.24) is 19.7 Å². The molecule has 0 aliphatic heterocycles. The standard InChI is InChI=1S/C9H9BrN4/c1-7-2-8(3-10)4-12-9(7)14-6-11-5-13-14/h2,4-6H,3H2,1H3. The molecule has 0 aromatic carbocycles. The number of nitrogens with zero attached hydrogens (tertiary/aromatic N) is 4. The van der Waals surface area contributed by atoms with Gasteiger partial charge in [0.25, 0.3) is 0 Å². The highest BCUT2D eigenvalue weighted by atomic mass is 79.9. The van der Waals surface area contributed by atoms with Gasteiger partial charge in [-0.25, -0.2) is 14.6 Å². The lowest BCUT2D eigenvalue weighted by Crippen LogP contribution is -2.01. The number of alkyl halides is 1. The molecule has 72 valence electrons. The van der Waals surface area contributed by atoms with Crippen molar-refractivity contribution >= 4 is 15.9 Å². The second-order valence-electron chi connectivity index (χ2n) is 2.96. The van der Waals surface area contributed by atoms with Gasteiger partial charge in [0.05, 0.1) is 0 Å². The molecule has 2 rings (SSSR count). The SMILES string of the molecule is Cc1cc(CBr)cnc1-n1cncn1. The molecule has 0 N–H and O–H groups in total. The molecule has 0 saturated heterocycles. The second kappa shape index (κ2) is 3.88. The molecule has 0 aliphatic rings. The second-order valence-corrected chi connectivity index (χ2v) is 3.52. The number of aryl methyl sites for hydroxylation is 1. The fourth-order valence-electron chi connectivity index (χ4n) is 1.26. The van der Waals surface area contributed by atoms with Crippen LogP contribution >= 0.6 is 15.9 Å². The lowest BCUT2D eigenvalue weighted by molar-refractivity contribution is 0.834. The van der Waals surface area contributed by atoms with Crippen LogP contribution in [-0.2, 0) is 5.33 Å². The van der Waals surface area contributed by atoms with Gasteiger partial charge in [-0.2, -0.15) is 5.10 Å². The first-order valence-corrected chi connectivity index (χ1v) is 5.30. The van der Waals surface area contributed by atoms with Crippen LogP contribution in [0.15, 0.2) is 24.9 Å². The molecular weight excluding hydrogens is 244 g/mol. The van der Waals surface area contributed by atoms with Crippen LogP contribution in [-0.4, -0.2) is 19.7 Å². The van der Waals surface area contributed by atoms with E-state index in [0.29, 0.717) is 0 Å². The molecule has 0 amide bonds. The van der Waals surface area contributed by atoms with E-state index in [0.717, 1.165) is 22.3 Å². The Balaban J connectivity index is 2.46. The van der Waals surface area contributed by atoms with Gasteiger partial charge >= 0.3 is 0 Å². The fraction of sp³-hybridized carbons (Fsp3) is 0.222. The Morgan fingerprint density at radius 2 is 2.36 bits per heavy atom. The van der Waals surface area contributed by atoms with Crippen LogP contribution in [0.2, 0.25) is 0 Å². The molecule has 0 saturated carbocycles. The third kappa shape index (κ3) is 1.68. The van der Waals surface area contributed by atoms with Gasteiger partial charge in [0.2, 0.25) is 0 Å². The molecule has 4 nitrogen and oxygen atoms in total. The number of pyridine rings is 1. The molecular formula is C9H9BrN4. The summed E-state index contributed by atoms with van der Waals surface area (Å²) >= 11 is 3.39. The maximum atomic E-state index is 4.32. The summed E-state index contributed by atoms with van der Waals surface area (Å²) in [6.45, 7) is 2.01. The van der Waals surface area contributed by atoms with Crippen LogP contribution in [0.1, 0.15) is 11.1 Å². The van der Waals surface area contributed by atoms with Crippen molar-refractivity contribution in [1.29, 1.82) is 0 Å². The van der Waals surface area contributed by atoms with E-state index < -0.39 is 0 Å². The van der Waals surface area contributed by atoms with Gasteiger partial charge in [-0.1, -0.05) is 15.9 Å². The summed E-state index contributed by atoms with van der Waals surface area (Å²) in [7, 11) is 0. The largest absolute Gasteiger partial charge is 0.237 e. The zero-order valence-electron chi connectivity index (χ0n) is 7.68. The van der Waals surface area contributed by atoms with Crippen molar-refractivity contribution in [3.63, 3.8) is 0 Å². The number of rotatable bonds is 2. The van der Waals surface area contributed by atoms with Gasteiger partial charge in [-0.15, -0.1) is 0 Å². The Bertz CT molecular complexity index is 424. The minimum atomic E-state index is 0.818. The monoisotopic (exact) mass is 252 g/mol. The molecule has 0 bridgehead atoms. The Hall–Kier alpha value is -1.23. The van der Waals surface area contributed by atoms with Crippen molar-refractivity contribution in [2.45, 2.75) is 12.3 Å². The number of aromatic nitrogens is 4. The summed E-state index contributed by atoms with van der Waals surface area (Å²) in [6, 6.07) is 2.08. The Morgan fingerprint density at radius 3 is 2.93 bits per heavy atom. The van der Waals surface area contributed by atoms with Crippen LogP contribution in [0.25, 0.3) is 5.82 Å². The fourth-order valence-corrected chi connectivity index (χ4v) is 1.56. The Labute approximate surface area is 90.1 Å². The molecule has 0 fully saturated rings. The van der Waals surface area contributed by atoms with Crippen LogP contribution in [0.5, 0.6) is 0 Å². The highest BCUT2D eigenvalue weighted by Gasteiger charge is 2.03. The Morgan fingerprint density at radius 1 is 1.50 bits per heavy atom. The van der Waals surface area contributed by atoms with Crippen LogP contribution in [0, 0.1) is 6.92 Å². The first-order chi connectivity index (χ1) is 6.81. The maximum absolute atomic E-state index is 4.32. The molecule has 2 heterocycles. The smallest absolute Gasteiger partial charge is 0.158 e. The molecule has 5 heteroatoms. The van der Waals surface area contributed by atoms with Crippen molar-refractivity contribution in [2.75, 3.05) is 0 Å². The molecule has 0 aliphatic carbocycles. The lowest BCUT2D eigenvalue weighted by Gasteiger charge is -2.04. The van der Waals surface area contributed by atoms with E-state index in [1.54, 1.807) is 11.0 Å². The van der Waals surface area contributed by atoms with Gasteiger partial charge in [-0.3, -0.25) is 0 Å². The minimum Gasteiger partial charge on any atom is -0.237 e. The van der Waals surface area contributed by atoms with E-state index >= 15 is 0 Å². The van der Waals surface area contributed by atoms with Gasteiger partial charge < -0.3 is 0 Å². The molecule has 0 unspecified atom stereocenters. The van der Waals surface area contributed by atoms with E-state index in [2.05, 4.69) is 37.1 Å². The third-order valence-corrected chi connectivity index (χ3v) is 2.54. The van der Waals surface area contributed by atoms with E-state index in [4.69, 9.17) is 0 Å². The molecule has 2 aromatic heterocycles. The molecule has 2 aromatic rings. The van der Waals surface area contributed by atoms with Crippen molar-refractivity contribution < 1.29 is 0 Å². The third-order valence-electron chi connectivity index (χ3n) is 1.90. The quantitative estimate of drug-likeness (QED) is 0.767. The summed E-state index contributed by atoms with van der Waals surface area (Å²) in [5.74, 6) is 0.826. The predicted molar refractivity (Wildman–Crippen MR) is 56.5 cm³/mol. The molecule has 0 spiro atoms. The Kier molecular flexibility index (Phi) is 2.58. The topological polar surface area (TPSA) is 43.6 Å². The average Bonchev–Trinajstić information content (AvgIpc) is 2.70. The first-order valence-electron chi connectivity index (χ1n) is 4.18. The van der Waals surface area contributed by atoms with Crippen LogP contribution in [0.3, 0.4) is 0 Å². The zero-order chi connectivity index (χ0) is 9.97. The van der Waals surface area contributed by atoms with E-state index in [1.165, 1.54) is 6.33 Å². The highest BCUT2D eigenvalue weighted by molar-refractivity contribution is 9.08. The average molecular weight is 253 g/mol. The van der Waals surface area contributed by atoms with Crippen LogP contribution < -0.4 is 0 Å². The van der Waals surface area contributed by atoms with Gasteiger partial charge in [-0.05, 0) is 24.1 Å². The summed E-state index contributed by atoms with van der Waals surface area (Å²) in [4.78, 5) is 8.21. The predicted octanol–water partition coefficient (Wildman–Crippen LogP) is 1.87. The van der Waals surface area contributed by atoms with Gasteiger partial charge in [0, 0.05) is 11.5 Å². The number of halogens is 1. The lowest BCUT2D eigenvalue weighted by atomic mass is 10.2. The zero-order valence-corrected chi connectivity index (χ0v) is 9.27. The minimum absolute atomic E-state index is 0.818. The number of hydrogen-bond acceptors (Lipinski definition) is 3. The van der Waals surface area contributed by atoms with Crippen molar-refractivity contribution in [3.8, 4) is 5.82 Å². The van der Waals surface area contributed by atoms with Gasteiger partial charge in [0.1, 0.15) is 12.7 Å². The van der Waals surface area contributed by atoms with E-state index in [1.807, 2.05) is 13.1 Å².